The highest BCUT2D eigenvalue weighted by atomic mass is 16.5. The van der Waals surface area contributed by atoms with Crippen LogP contribution in [0, 0.1) is 6.92 Å². The van der Waals surface area contributed by atoms with Gasteiger partial charge in [0.15, 0.2) is 0 Å². The van der Waals surface area contributed by atoms with E-state index in [4.69, 9.17) is 4.74 Å². The van der Waals surface area contributed by atoms with Gasteiger partial charge in [-0.2, -0.15) is 0 Å². The summed E-state index contributed by atoms with van der Waals surface area (Å²) in [5.74, 6) is -0.207. The number of nitrogens with zero attached hydrogens (tertiary/aromatic N) is 1. The van der Waals surface area contributed by atoms with Gasteiger partial charge >= 0.3 is 0 Å². The van der Waals surface area contributed by atoms with Crippen LogP contribution in [0.5, 0.6) is 0 Å². The van der Waals surface area contributed by atoms with E-state index in [0.717, 1.165) is 30.0 Å². The van der Waals surface area contributed by atoms with E-state index in [2.05, 4.69) is 10.3 Å². The molecule has 3 heterocycles. The monoisotopic (exact) mass is 339 g/mol. The van der Waals surface area contributed by atoms with Crippen LogP contribution in [-0.2, 0) is 4.74 Å². The van der Waals surface area contributed by atoms with Crippen molar-refractivity contribution < 1.29 is 9.53 Å². The SMILES string of the molecule is Cc1[nH]c(=O)c(C(=O)N2CC(NC3COC3)C2)cc1-c1ccccc1. The van der Waals surface area contributed by atoms with Crippen molar-refractivity contribution in [2.45, 2.75) is 19.0 Å². The lowest BCUT2D eigenvalue weighted by Crippen LogP contribution is -2.64. The minimum atomic E-state index is -0.328. The highest BCUT2D eigenvalue weighted by Gasteiger charge is 2.35. The van der Waals surface area contributed by atoms with Crippen molar-refractivity contribution in [3.63, 3.8) is 0 Å². The number of hydrogen-bond donors (Lipinski definition) is 2. The Morgan fingerprint density at radius 1 is 1.20 bits per heavy atom. The Kier molecular flexibility index (Phi) is 4.15. The first-order chi connectivity index (χ1) is 12.1. The van der Waals surface area contributed by atoms with Crippen LogP contribution in [0.15, 0.2) is 41.2 Å². The van der Waals surface area contributed by atoms with E-state index < -0.39 is 0 Å². The molecule has 1 aromatic heterocycles. The number of rotatable bonds is 4. The number of aromatic nitrogens is 1. The molecule has 0 saturated carbocycles. The molecular weight excluding hydrogens is 318 g/mol. The predicted octanol–water partition coefficient (Wildman–Crippen LogP) is 1.16. The van der Waals surface area contributed by atoms with Crippen molar-refractivity contribution in [3.8, 4) is 11.1 Å². The topological polar surface area (TPSA) is 74.4 Å². The second-order valence-electron chi connectivity index (χ2n) is 6.72. The number of H-pyrrole nitrogens is 1. The number of benzene rings is 1. The van der Waals surface area contributed by atoms with E-state index in [0.29, 0.717) is 19.1 Å². The molecule has 1 aromatic carbocycles. The Morgan fingerprint density at radius 3 is 2.56 bits per heavy atom. The van der Waals surface area contributed by atoms with E-state index >= 15 is 0 Å². The summed E-state index contributed by atoms with van der Waals surface area (Å²) in [6.45, 7) is 4.58. The number of carbonyl (C=O) groups excluding carboxylic acids is 1. The molecule has 130 valence electrons. The Morgan fingerprint density at radius 2 is 1.92 bits per heavy atom. The third-order valence-electron chi connectivity index (χ3n) is 4.83. The molecule has 25 heavy (non-hydrogen) atoms. The standard InChI is InChI=1S/C19H21N3O3/c1-12-16(13-5-3-2-4-6-13)7-17(18(23)20-12)19(24)22-8-14(9-22)21-15-10-25-11-15/h2-7,14-15,21H,8-11H2,1H3,(H,20,23). The number of pyridine rings is 1. The van der Waals surface area contributed by atoms with Gasteiger partial charge < -0.3 is 19.9 Å². The summed E-state index contributed by atoms with van der Waals surface area (Å²) in [7, 11) is 0. The van der Waals surface area contributed by atoms with E-state index in [1.165, 1.54) is 0 Å². The van der Waals surface area contributed by atoms with Crippen molar-refractivity contribution in [2.24, 2.45) is 0 Å². The van der Waals surface area contributed by atoms with Crippen molar-refractivity contribution in [1.82, 2.24) is 15.2 Å². The number of aromatic amines is 1. The third kappa shape index (κ3) is 3.10. The van der Waals surface area contributed by atoms with Gasteiger partial charge in [0.2, 0.25) is 0 Å². The Labute approximate surface area is 145 Å². The third-order valence-corrected chi connectivity index (χ3v) is 4.83. The van der Waals surface area contributed by atoms with Gasteiger partial charge in [-0.1, -0.05) is 30.3 Å². The molecule has 0 bridgehead atoms. The molecule has 2 N–H and O–H groups in total. The van der Waals surface area contributed by atoms with Gasteiger partial charge in [0.05, 0.1) is 19.3 Å². The summed E-state index contributed by atoms with van der Waals surface area (Å²) >= 11 is 0. The average molecular weight is 339 g/mol. The number of likely N-dealkylation sites (tertiary alicyclic amines) is 1. The predicted molar refractivity (Wildman–Crippen MR) is 94.7 cm³/mol. The Hall–Kier alpha value is -2.44. The van der Waals surface area contributed by atoms with Crippen molar-refractivity contribution in [3.05, 3.63) is 58.0 Å². The van der Waals surface area contributed by atoms with Gasteiger partial charge in [-0.05, 0) is 18.6 Å². The van der Waals surface area contributed by atoms with Gasteiger partial charge in [-0.3, -0.25) is 9.59 Å². The highest BCUT2D eigenvalue weighted by Crippen LogP contribution is 2.23. The first kappa shape index (κ1) is 16.1. The number of aryl methyl sites for hydroxylation is 1. The van der Waals surface area contributed by atoms with E-state index in [1.807, 2.05) is 37.3 Å². The van der Waals surface area contributed by atoms with Gasteiger partial charge in [-0.25, -0.2) is 0 Å². The summed E-state index contributed by atoms with van der Waals surface area (Å²) in [4.78, 5) is 29.5. The summed E-state index contributed by atoms with van der Waals surface area (Å²) in [6, 6.07) is 12.2. The van der Waals surface area contributed by atoms with E-state index in [1.54, 1.807) is 11.0 Å². The molecule has 0 aliphatic carbocycles. The lowest BCUT2D eigenvalue weighted by atomic mass is 10.0. The molecule has 4 rings (SSSR count). The molecule has 2 aromatic rings. The van der Waals surface area contributed by atoms with Gasteiger partial charge in [0, 0.05) is 30.4 Å². The molecule has 2 fully saturated rings. The van der Waals surface area contributed by atoms with E-state index in [9.17, 15) is 9.59 Å². The molecule has 2 saturated heterocycles. The molecule has 0 radical (unpaired) electrons. The number of amides is 1. The van der Waals surface area contributed by atoms with Crippen molar-refractivity contribution in [2.75, 3.05) is 26.3 Å². The molecule has 6 heteroatoms. The Bertz CT molecular complexity index is 837. The molecule has 6 nitrogen and oxygen atoms in total. The first-order valence-corrected chi connectivity index (χ1v) is 8.54. The maximum atomic E-state index is 12.7. The summed E-state index contributed by atoms with van der Waals surface area (Å²) in [5, 5.41) is 3.45. The smallest absolute Gasteiger partial charge is 0.261 e. The fourth-order valence-electron chi connectivity index (χ4n) is 3.28. The summed E-state index contributed by atoms with van der Waals surface area (Å²) < 4.78 is 5.14. The minimum absolute atomic E-state index is 0.204. The largest absolute Gasteiger partial charge is 0.378 e. The lowest BCUT2D eigenvalue weighted by Gasteiger charge is -2.43. The van der Waals surface area contributed by atoms with Crippen molar-refractivity contribution >= 4 is 5.91 Å². The van der Waals surface area contributed by atoms with Gasteiger partial charge in [-0.15, -0.1) is 0 Å². The van der Waals surface area contributed by atoms with Crippen LogP contribution >= 0.6 is 0 Å². The molecule has 0 spiro atoms. The zero-order chi connectivity index (χ0) is 17.4. The van der Waals surface area contributed by atoms with Crippen LogP contribution in [0.25, 0.3) is 11.1 Å². The fourth-order valence-corrected chi connectivity index (χ4v) is 3.28. The number of carbonyl (C=O) groups is 1. The van der Waals surface area contributed by atoms with Crippen LogP contribution < -0.4 is 10.9 Å². The fraction of sp³-hybridized carbons (Fsp3) is 0.368. The minimum Gasteiger partial charge on any atom is -0.378 e. The van der Waals surface area contributed by atoms with Crippen LogP contribution in [0.4, 0.5) is 0 Å². The van der Waals surface area contributed by atoms with Crippen LogP contribution in [0.3, 0.4) is 0 Å². The van der Waals surface area contributed by atoms with E-state index in [-0.39, 0.29) is 23.1 Å². The zero-order valence-electron chi connectivity index (χ0n) is 14.1. The summed E-state index contributed by atoms with van der Waals surface area (Å²) in [5.41, 5.74) is 2.51. The maximum Gasteiger partial charge on any atom is 0.261 e. The first-order valence-electron chi connectivity index (χ1n) is 8.54. The number of hydrogen-bond acceptors (Lipinski definition) is 4. The maximum absolute atomic E-state index is 12.7. The van der Waals surface area contributed by atoms with Gasteiger partial charge in [0.25, 0.3) is 11.5 Å². The molecular formula is C19H21N3O3. The van der Waals surface area contributed by atoms with Gasteiger partial charge in [0.1, 0.15) is 5.56 Å². The summed E-state index contributed by atoms with van der Waals surface area (Å²) in [6.07, 6.45) is 0. The van der Waals surface area contributed by atoms with Crippen LogP contribution in [-0.4, -0.2) is 54.2 Å². The highest BCUT2D eigenvalue weighted by molar-refractivity contribution is 5.95. The molecule has 2 aliphatic heterocycles. The van der Waals surface area contributed by atoms with Crippen LogP contribution in [0.2, 0.25) is 0 Å². The zero-order valence-corrected chi connectivity index (χ0v) is 14.1. The number of ether oxygens (including phenoxy) is 1. The Balaban J connectivity index is 1.52. The lowest BCUT2D eigenvalue weighted by molar-refractivity contribution is -0.0210. The number of nitrogens with one attached hydrogen (secondary N) is 2. The second kappa shape index (κ2) is 6.46. The molecule has 2 aliphatic rings. The average Bonchev–Trinajstić information content (AvgIpc) is 2.52. The molecule has 0 atom stereocenters. The molecule has 0 unspecified atom stereocenters. The van der Waals surface area contributed by atoms with Crippen LogP contribution in [0.1, 0.15) is 16.1 Å². The molecule has 1 amide bonds. The quantitative estimate of drug-likeness (QED) is 0.877. The normalized spacial score (nSPS) is 17.9. The van der Waals surface area contributed by atoms with Crippen molar-refractivity contribution in [1.29, 1.82) is 0 Å². The second-order valence-corrected chi connectivity index (χ2v) is 6.72.